The highest BCUT2D eigenvalue weighted by Crippen LogP contribution is 2.32. The molecule has 0 heterocycles. The molecular formula is C14H19NO3. The van der Waals surface area contributed by atoms with Gasteiger partial charge in [-0.2, -0.15) is 0 Å². The third-order valence-corrected chi connectivity index (χ3v) is 3.70. The number of methoxy groups -OCH3 is 1. The van der Waals surface area contributed by atoms with Crippen molar-refractivity contribution in [1.82, 2.24) is 4.90 Å². The second kappa shape index (κ2) is 5.40. The minimum atomic E-state index is -0.669. The van der Waals surface area contributed by atoms with Crippen molar-refractivity contribution in [1.29, 1.82) is 0 Å². The summed E-state index contributed by atoms with van der Waals surface area (Å²) >= 11 is 0. The normalized spacial score (nSPS) is 22.6. The molecule has 0 unspecified atom stereocenters. The summed E-state index contributed by atoms with van der Waals surface area (Å²) in [6.07, 6.45) is 1.50. The zero-order valence-corrected chi connectivity index (χ0v) is 10.8. The number of carbonyl (C=O) groups is 1. The Morgan fingerprint density at radius 1 is 1.44 bits per heavy atom. The minimum absolute atomic E-state index is 0.157. The van der Waals surface area contributed by atoms with E-state index in [4.69, 9.17) is 9.84 Å². The smallest absolute Gasteiger partial charge is 0.306 e. The van der Waals surface area contributed by atoms with Crippen molar-refractivity contribution in [2.24, 2.45) is 5.92 Å². The van der Waals surface area contributed by atoms with Gasteiger partial charge in [0.15, 0.2) is 0 Å². The van der Waals surface area contributed by atoms with Crippen molar-refractivity contribution in [2.75, 3.05) is 14.2 Å². The van der Waals surface area contributed by atoms with Crippen LogP contribution in [0.4, 0.5) is 0 Å². The molecule has 0 bridgehead atoms. The highest BCUT2D eigenvalue weighted by Gasteiger charge is 2.36. The third-order valence-electron chi connectivity index (χ3n) is 3.70. The molecule has 98 valence electrons. The summed E-state index contributed by atoms with van der Waals surface area (Å²) in [6, 6.07) is 8.31. The lowest BCUT2D eigenvalue weighted by molar-refractivity contribution is -0.146. The van der Waals surface area contributed by atoms with Gasteiger partial charge in [0.05, 0.1) is 13.0 Å². The highest BCUT2D eigenvalue weighted by atomic mass is 16.5. The molecular weight excluding hydrogens is 230 g/mol. The summed E-state index contributed by atoms with van der Waals surface area (Å²) in [4.78, 5) is 13.0. The highest BCUT2D eigenvalue weighted by molar-refractivity contribution is 5.71. The van der Waals surface area contributed by atoms with Gasteiger partial charge in [-0.25, -0.2) is 0 Å². The molecule has 1 N–H and O–H groups in total. The first-order valence-electron chi connectivity index (χ1n) is 6.16. The Morgan fingerprint density at radius 3 is 2.72 bits per heavy atom. The molecule has 4 heteroatoms. The number of hydrogen-bond acceptors (Lipinski definition) is 3. The van der Waals surface area contributed by atoms with Crippen LogP contribution in [0.2, 0.25) is 0 Å². The van der Waals surface area contributed by atoms with E-state index in [0.29, 0.717) is 6.04 Å². The topological polar surface area (TPSA) is 49.8 Å². The molecule has 2 rings (SSSR count). The first kappa shape index (κ1) is 12.9. The molecule has 1 aromatic carbocycles. The average molecular weight is 249 g/mol. The lowest BCUT2D eigenvalue weighted by Crippen LogP contribution is -2.44. The van der Waals surface area contributed by atoms with Crippen LogP contribution in [-0.4, -0.2) is 36.2 Å². The first-order valence-corrected chi connectivity index (χ1v) is 6.16. The Labute approximate surface area is 107 Å². The predicted molar refractivity (Wildman–Crippen MR) is 68.6 cm³/mol. The van der Waals surface area contributed by atoms with Gasteiger partial charge in [-0.15, -0.1) is 0 Å². The number of rotatable bonds is 5. The molecule has 0 radical (unpaired) electrons. The summed E-state index contributed by atoms with van der Waals surface area (Å²) in [5, 5.41) is 8.87. The lowest BCUT2D eigenvalue weighted by Gasteiger charge is -2.39. The molecule has 0 aromatic heterocycles. The van der Waals surface area contributed by atoms with E-state index in [2.05, 4.69) is 4.90 Å². The van der Waals surface area contributed by atoms with Gasteiger partial charge in [-0.1, -0.05) is 18.2 Å². The van der Waals surface area contributed by atoms with Gasteiger partial charge in [0.2, 0.25) is 0 Å². The molecule has 1 saturated carbocycles. The quantitative estimate of drug-likeness (QED) is 0.867. The van der Waals surface area contributed by atoms with Crippen LogP contribution in [-0.2, 0) is 11.3 Å². The fraction of sp³-hybridized carbons (Fsp3) is 0.500. The fourth-order valence-electron chi connectivity index (χ4n) is 2.38. The predicted octanol–water partition coefficient (Wildman–Crippen LogP) is 1.99. The maximum Gasteiger partial charge on any atom is 0.306 e. The number of carboxylic acid groups (broad SMARTS) is 1. The van der Waals surface area contributed by atoms with Crippen molar-refractivity contribution in [3.8, 4) is 5.75 Å². The van der Waals surface area contributed by atoms with Crippen LogP contribution in [0.5, 0.6) is 5.75 Å². The van der Waals surface area contributed by atoms with E-state index in [-0.39, 0.29) is 5.92 Å². The first-order chi connectivity index (χ1) is 8.61. The Bertz CT molecular complexity index is 427. The van der Waals surface area contributed by atoms with Crippen LogP contribution in [0.25, 0.3) is 0 Å². The number of hydrogen-bond donors (Lipinski definition) is 1. The van der Waals surface area contributed by atoms with Crippen molar-refractivity contribution >= 4 is 5.97 Å². The Kier molecular flexibility index (Phi) is 3.87. The maximum absolute atomic E-state index is 10.8. The number of carboxylic acids is 1. The fourth-order valence-corrected chi connectivity index (χ4v) is 2.38. The lowest BCUT2D eigenvalue weighted by atomic mass is 9.79. The van der Waals surface area contributed by atoms with E-state index in [1.807, 2.05) is 31.3 Å². The van der Waals surface area contributed by atoms with Gasteiger partial charge in [0.1, 0.15) is 5.75 Å². The number of benzene rings is 1. The summed E-state index contributed by atoms with van der Waals surface area (Å²) in [6.45, 7) is 0.793. The van der Waals surface area contributed by atoms with Crippen LogP contribution in [0.3, 0.4) is 0 Å². The zero-order valence-electron chi connectivity index (χ0n) is 10.8. The van der Waals surface area contributed by atoms with Gasteiger partial charge >= 0.3 is 5.97 Å². The van der Waals surface area contributed by atoms with Gasteiger partial charge in [-0.05, 0) is 26.0 Å². The van der Waals surface area contributed by atoms with E-state index in [1.54, 1.807) is 7.11 Å². The van der Waals surface area contributed by atoms with E-state index in [1.165, 1.54) is 0 Å². The molecule has 1 aliphatic rings. The third kappa shape index (κ3) is 2.64. The standard InChI is InChI=1S/C14H19NO3/c1-15(12-7-11(8-12)14(16)17)9-10-5-3-4-6-13(10)18-2/h3-6,11-12H,7-9H2,1-2H3,(H,16,17). The minimum Gasteiger partial charge on any atom is -0.496 e. The van der Waals surface area contributed by atoms with Crippen LogP contribution in [0, 0.1) is 5.92 Å². The molecule has 0 saturated heterocycles. The molecule has 1 fully saturated rings. The van der Waals surface area contributed by atoms with Crippen LogP contribution >= 0.6 is 0 Å². The van der Waals surface area contributed by atoms with Gasteiger partial charge in [0, 0.05) is 18.2 Å². The molecule has 18 heavy (non-hydrogen) atoms. The largest absolute Gasteiger partial charge is 0.496 e. The van der Waals surface area contributed by atoms with Crippen LogP contribution in [0.15, 0.2) is 24.3 Å². The van der Waals surface area contributed by atoms with Gasteiger partial charge in [0.25, 0.3) is 0 Å². The van der Waals surface area contributed by atoms with E-state index in [0.717, 1.165) is 30.7 Å². The zero-order chi connectivity index (χ0) is 13.1. The second-order valence-corrected chi connectivity index (χ2v) is 4.89. The number of nitrogens with zero attached hydrogens (tertiary/aromatic N) is 1. The number of aliphatic carboxylic acids is 1. The van der Waals surface area contributed by atoms with Gasteiger partial charge < -0.3 is 9.84 Å². The van der Waals surface area contributed by atoms with Crippen LogP contribution in [0.1, 0.15) is 18.4 Å². The Balaban J connectivity index is 1.92. The van der Waals surface area contributed by atoms with Crippen LogP contribution < -0.4 is 4.74 Å². The van der Waals surface area contributed by atoms with E-state index >= 15 is 0 Å². The molecule has 4 nitrogen and oxygen atoms in total. The van der Waals surface area contributed by atoms with E-state index in [9.17, 15) is 4.79 Å². The van der Waals surface area contributed by atoms with Crippen molar-refractivity contribution < 1.29 is 14.6 Å². The monoisotopic (exact) mass is 249 g/mol. The molecule has 0 aliphatic heterocycles. The Morgan fingerprint density at radius 2 is 2.11 bits per heavy atom. The number of para-hydroxylation sites is 1. The average Bonchev–Trinajstić information content (AvgIpc) is 2.27. The summed E-state index contributed by atoms with van der Waals surface area (Å²) < 4.78 is 5.32. The molecule has 0 spiro atoms. The SMILES string of the molecule is COc1ccccc1CN(C)C1CC(C(=O)O)C1. The number of ether oxygens (including phenoxy) is 1. The van der Waals surface area contributed by atoms with Crippen molar-refractivity contribution in [3.63, 3.8) is 0 Å². The molecule has 0 atom stereocenters. The summed E-state index contributed by atoms with van der Waals surface area (Å²) in [7, 11) is 3.71. The van der Waals surface area contributed by atoms with Gasteiger partial charge in [-0.3, -0.25) is 9.69 Å². The molecule has 0 amide bonds. The second-order valence-electron chi connectivity index (χ2n) is 4.89. The van der Waals surface area contributed by atoms with Crippen molar-refractivity contribution in [2.45, 2.75) is 25.4 Å². The van der Waals surface area contributed by atoms with Crippen molar-refractivity contribution in [3.05, 3.63) is 29.8 Å². The maximum atomic E-state index is 10.8. The summed E-state index contributed by atoms with van der Waals surface area (Å²) in [5.41, 5.74) is 1.14. The molecule has 1 aromatic rings. The Hall–Kier alpha value is -1.55. The summed E-state index contributed by atoms with van der Waals surface area (Å²) in [5.74, 6) is 0.0607. The molecule has 1 aliphatic carbocycles. The van der Waals surface area contributed by atoms with E-state index < -0.39 is 5.97 Å².